The maximum Gasteiger partial charge on any atom is 0.259 e. The van der Waals surface area contributed by atoms with E-state index in [0.29, 0.717) is 28.1 Å². The number of pyridine rings is 1. The van der Waals surface area contributed by atoms with Gasteiger partial charge in [-0.05, 0) is 59.7 Å². The molecule has 0 spiro atoms. The van der Waals surface area contributed by atoms with E-state index < -0.39 is 0 Å². The Morgan fingerprint density at radius 1 is 1.00 bits per heavy atom. The monoisotopic (exact) mass is 393 g/mol. The summed E-state index contributed by atoms with van der Waals surface area (Å²) >= 11 is 0. The minimum absolute atomic E-state index is 0.218. The second-order valence-corrected chi connectivity index (χ2v) is 7.39. The Labute approximate surface area is 168 Å². The molecule has 1 unspecified atom stereocenters. The van der Waals surface area contributed by atoms with E-state index in [2.05, 4.69) is 15.5 Å². The first kappa shape index (κ1) is 19.0. The smallest absolute Gasteiger partial charge is 0.259 e. The molecule has 0 aromatic carbocycles. The molecule has 150 valence electrons. The van der Waals surface area contributed by atoms with E-state index in [0.717, 1.165) is 34.2 Å². The lowest BCUT2D eigenvalue weighted by atomic mass is 10.0. The van der Waals surface area contributed by atoms with Crippen LogP contribution < -0.4 is 5.32 Å². The van der Waals surface area contributed by atoms with Crippen molar-refractivity contribution in [2.45, 2.75) is 47.6 Å². The molecule has 7 heteroatoms. The molecular weight excluding hydrogens is 370 g/mol. The zero-order chi connectivity index (χ0) is 20.9. The fraction of sp³-hybridized carbons (Fsp3) is 0.318. The number of amides is 1. The third-order valence-corrected chi connectivity index (χ3v) is 5.07. The number of nitrogens with zero attached hydrogens (tertiary/aromatic N) is 2. The summed E-state index contributed by atoms with van der Waals surface area (Å²) in [5, 5.41) is 7.66. The molecule has 4 aromatic heterocycles. The summed E-state index contributed by atoms with van der Waals surface area (Å²) in [6.45, 7) is 11.2. The Bertz CT molecular complexity index is 1230. The highest BCUT2D eigenvalue weighted by atomic mass is 16.5. The Morgan fingerprint density at radius 3 is 2.31 bits per heavy atom. The van der Waals surface area contributed by atoms with Crippen molar-refractivity contribution in [3.05, 3.63) is 58.1 Å². The Hall–Kier alpha value is -3.35. The van der Waals surface area contributed by atoms with Gasteiger partial charge >= 0.3 is 0 Å². The summed E-state index contributed by atoms with van der Waals surface area (Å²) < 4.78 is 16.6. The first-order valence-corrected chi connectivity index (χ1v) is 9.46. The predicted molar refractivity (Wildman–Crippen MR) is 108 cm³/mol. The third kappa shape index (κ3) is 3.33. The van der Waals surface area contributed by atoms with Gasteiger partial charge in [0.25, 0.3) is 11.6 Å². The molecule has 4 rings (SSSR count). The van der Waals surface area contributed by atoms with Crippen LogP contribution in [0.5, 0.6) is 0 Å². The van der Waals surface area contributed by atoms with Gasteiger partial charge in [-0.15, -0.1) is 0 Å². The summed E-state index contributed by atoms with van der Waals surface area (Å²) in [7, 11) is 0. The summed E-state index contributed by atoms with van der Waals surface area (Å²) in [4.78, 5) is 17.8. The van der Waals surface area contributed by atoms with Crippen molar-refractivity contribution in [1.82, 2.24) is 15.5 Å². The number of carbonyl (C=O) groups excluding carboxylic acids is 1. The number of aryl methyl sites for hydroxylation is 5. The quantitative estimate of drug-likeness (QED) is 0.518. The number of hydrogen-bond acceptors (Lipinski definition) is 6. The Balaban J connectivity index is 1.77. The van der Waals surface area contributed by atoms with E-state index in [1.807, 2.05) is 46.8 Å². The molecule has 0 aliphatic heterocycles. The van der Waals surface area contributed by atoms with Crippen LogP contribution in [-0.4, -0.2) is 16.0 Å². The van der Waals surface area contributed by atoms with Gasteiger partial charge in [-0.3, -0.25) is 4.79 Å². The van der Waals surface area contributed by atoms with Gasteiger partial charge in [0, 0.05) is 11.1 Å². The maximum absolute atomic E-state index is 13.2. The van der Waals surface area contributed by atoms with Gasteiger partial charge in [-0.25, -0.2) is 4.98 Å². The molecule has 1 N–H and O–H groups in total. The molecule has 1 amide bonds. The number of carbonyl (C=O) groups is 1. The lowest BCUT2D eigenvalue weighted by Crippen LogP contribution is -2.27. The number of rotatable bonds is 4. The molecule has 0 saturated carbocycles. The lowest BCUT2D eigenvalue weighted by Gasteiger charge is -2.14. The van der Waals surface area contributed by atoms with Crippen molar-refractivity contribution in [2.75, 3.05) is 0 Å². The van der Waals surface area contributed by atoms with E-state index in [9.17, 15) is 4.79 Å². The van der Waals surface area contributed by atoms with Crippen molar-refractivity contribution in [3.8, 4) is 11.3 Å². The maximum atomic E-state index is 13.2. The van der Waals surface area contributed by atoms with Crippen molar-refractivity contribution < 1.29 is 18.2 Å². The molecule has 4 heterocycles. The molecule has 29 heavy (non-hydrogen) atoms. The fourth-order valence-electron chi connectivity index (χ4n) is 3.73. The van der Waals surface area contributed by atoms with Crippen LogP contribution >= 0.6 is 0 Å². The third-order valence-electron chi connectivity index (χ3n) is 5.07. The number of nitrogens with one attached hydrogen (secondary N) is 1. The zero-order valence-electron chi connectivity index (χ0n) is 17.3. The summed E-state index contributed by atoms with van der Waals surface area (Å²) in [5.74, 6) is 2.89. The fourth-order valence-corrected chi connectivity index (χ4v) is 3.73. The average molecular weight is 393 g/mol. The molecule has 7 nitrogen and oxygen atoms in total. The predicted octanol–water partition coefficient (Wildman–Crippen LogP) is 5.11. The van der Waals surface area contributed by atoms with E-state index in [-0.39, 0.29) is 11.9 Å². The average Bonchev–Trinajstić information content (AvgIpc) is 3.31. The van der Waals surface area contributed by atoms with Crippen LogP contribution in [0.3, 0.4) is 0 Å². The van der Waals surface area contributed by atoms with Crippen molar-refractivity contribution >= 4 is 17.0 Å². The molecule has 0 bridgehead atoms. The molecule has 0 saturated heterocycles. The van der Waals surface area contributed by atoms with Crippen LogP contribution in [0, 0.1) is 34.6 Å². The second kappa shape index (κ2) is 6.92. The second-order valence-electron chi connectivity index (χ2n) is 7.39. The topological polar surface area (TPSA) is 94.3 Å². The van der Waals surface area contributed by atoms with Gasteiger partial charge in [0.15, 0.2) is 0 Å². The van der Waals surface area contributed by atoms with Crippen molar-refractivity contribution in [1.29, 1.82) is 0 Å². The molecule has 0 fully saturated rings. The first-order valence-electron chi connectivity index (χ1n) is 9.46. The number of fused-ring (bicyclic) bond motifs is 1. The van der Waals surface area contributed by atoms with Gasteiger partial charge in [-0.2, -0.15) is 0 Å². The van der Waals surface area contributed by atoms with Crippen LogP contribution in [0.15, 0.2) is 31.6 Å². The van der Waals surface area contributed by atoms with Gasteiger partial charge in [-0.1, -0.05) is 5.16 Å². The molecule has 0 aliphatic carbocycles. The van der Waals surface area contributed by atoms with Gasteiger partial charge < -0.3 is 18.7 Å². The number of hydrogen-bond donors (Lipinski definition) is 1. The minimum atomic E-state index is -0.228. The molecular formula is C22H23N3O4. The molecule has 4 aromatic rings. The van der Waals surface area contributed by atoms with E-state index >= 15 is 0 Å². The van der Waals surface area contributed by atoms with Crippen LogP contribution in [0.1, 0.15) is 57.6 Å². The van der Waals surface area contributed by atoms with Crippen molar-refractivity contribution in [3.63, 3.8) is 0 Å². The summed E-state index contributed by atoms with van der Waals surface area (Å²) in [6.07, 6.45) is 0. The summed E-state index contributed by atoms with van der Waals surface area (Å²) in [5.41, 5.74) is 3.79. The lowest BCUT2D eigenvalue weighted by molar-refractivity contribution is 0.0941. The largest absolute Gasteiger partial charge is 0.466 e. The Kier molecular flexibility index (Phi) is 4.53. The summed E-state index contributed by atoms with van der Waals surface area (Å²) in [6, 6.07) is 5.38. The first-order chi connectivity index (χ1) is 13.7. The van der Waals surface area contributed by atoms with E-state index in [1.165, 1.54) is 0 Å². The van der Waals surface area contributed by atoms with Crippen LogP contribution in [-0.2, 0) is 0 Å². The van der Waals surface area contributed by atoms with Gasteiger partial charge in [0.1, 0.15) is 23.0 Å². The van der Waals surface area contributed by atoms with Gasteiger partial charge in [0.2, 0.25) is 0 Å². The number of aromatic nitrogens is 2. The van der Waals surface area contributed by atoms with E-state index in [4.69, 9.17) is 13.4 Å². The minimum Gasteiger partial charge on any atom is -0.466 e. The number of furan rings is 2. The highest BCUT2D eigenvalue weighted by Gasteiger charge is 2.23. The molecule has 0 radical (unpaired) electrons. The van der Waals surface area contributed by atoms with E-state index in [1.54, 1.807) is 13.0 Å². The normalized spacial score (nSPS) is 12.5. The van der Waals surface area contributed by atoms with Crippen molar-refractivity contribution in [2.24, 2.45) is 0 Å². The molecule has 0 aliphatic rings. The highest BCUT2D eigenvalue weighted by molar-refractivity contribution is 6.07. The van der Waals surface area contributed by atoms with Crippen LogP contribution in [0.2, 0.25) is 0 Å². The standard InChI is InChI=1S/C22H23N3O4/c1-10-7-16(14(5)27-10)12(3)23-21(26)18-9-19(17-8-11(2)28-15(17)6)24-22-20(18)13(4)25-29-22/h7-9,12H,1-6H3,(H,23,26). The van der Waals surface area contributed by atoms with Gasteiger partial charge in [0.05, 0.1) is 28.4 Å². The van der Waals surface area contributed by atoms with Crippen LogP contribution in [0.4, 0.5) is 0 Å². The SMILES string of the molecule is Cc1cc(-c2cc(C(=O)NC(C)c3cc(C)oc3C)c3c(C)noc3n2)c(C)o1. The molecule has 1 atom stereocenters. The highest BCUT2D eigenvalue weighted by Crippen LogP contribution is 2.31. The van der Waals surface area contributed by atoms with Crippen LogP contribution in [0.25, 0.3) is 22.4 Å². The Morgan fingerprint density at radius 2 is 1.69 bits per heavy atom. The zero-order valence-corrected chi connectivity index (χ0v) is 17.3.